The molecule has 0 heterocycles. The van der Waals surface area contributed by atoms with Gasteiger partial charge < -0.3 is 18.9 Å². The van der Waals surface area contributed by atoms with E-state index in [9.17, 15) is 13.2 Å². The summed E-state index contributed by atoms with van der Waals surface area (Å²) in [5, 5.41) is 5.02. The molecule has 236 valence electrons. The van der Waals surface area contributed by atoms with Gasteiger partial charge in [0, 0.05) is 21.7 Å². The summed E-state index contributed by atoms with van der Waals surface area (Å²) < 4.78 is 51.1. The van der Waals surface area contributed by atoms with E-state index in [1.807, 2.05) is 0 Å². The van der Waals surface area contributed by atoms with Crippen molar-refractivity contribution in [3.8, 4) is 23.0 Å². The summed E-state index contributed by atoms with van der Waals surface area (Å²) in [5.41, 5.74) is 3.79. The average molecular weight is 737 g/mol. The highest BCUT2D eigenvalue weighted by molar-refractivity contribution is 9.10. The Kier molecular flexibility index (Phi) is 11.6. The predicted molar refractivity (Wildman–Crippen MR) is 178 cm³/mol. The Bertz CT molecular complexity index is 1810. The van der Waals surface area contributed by atoms with E-state index in [-0.39, 0.29) is 22.9 Å². The second-order valence-corrected chi connectivity index (χ2v) is 12.8. The normalized spacial score (nSPS) is 11.2. The van der Waals surface area contributed by atoms with Crippen molar-refractivity contribution in [3.63, 3.8) is 0 Å². The second kappa shape index (κ2) is 15.3. The molecule has 45 heavy (non-hydrogen) atoms. The molecule has 1 amide bonds. The van der Waals surface area contributed by atoms with Gasteiger partial charge >= 0.3 is 0 Å². The van der Waals surface area contributed by atoms with E-state index < -0.39 is 22.5 Å². The van der Waals surface area contributed by atoms with Gasteiger partial charge in [0.15, 0.2) is 11.5 Å². The number of carbonyl (C=O) groups is 1. The minimum absolute atomic E-state index is 0.0104. The Labute approximate surface area is 279 Å². The molecule has 14 heteroatoms. The Morgan fingerprint density at radius 3 is 2.33 bits per heavy atom. The molecular weight excluding hydrogens is 709 g/mol. The highest BCUT2D eigenvalue weighted by Crippen LogP contribution is 2.38. The third kappa shape index (κ3) is 8.40. The number of rotatable bonds is 13. The van der Waals surface area contributed by atoms with Gasteiger partial charge in [-0.1, -0.05) is 47.5 Å². The van der Waals surface area contributed by atoms with Crippen LogP contribution in [0.5, 0.6) is 23.0 Å². The third-order valence-electron chi connectivity index (χ3n) is 6.31. The number of halogens is 3. The SMILES string of the molecule is COc1ccc(OC)c(N(CC(=O)N/N=C\c2cc(Br)c(OCc3ccc(Cl)cc3Cl)c(OC)c2)S(=O)(=O)c2ccccc2)c1. The molecule has 0 aromatic heterocycles. The molecule has 0 saturated carbocycles. The van der Waals surface area contributed by atoms with Gasteiger partial charge in [-0.3, -0.25) is 9.10 Å². The fourth-order valence-corrected chi connectivity index (χ4v) is 6.58. The van der Waals surface area contributed by atoms with Crippen molar-refractivity contribution in [2.24, 2.45) is 5.10 Å². The van der Waals surface area contributed by atoms with E-state index >= 15 is 0 Å². The first kappa shape index (κ1) is 33.9. The van der Waals surface area contributed by atoms with Gasteiger partial charge in [-0.15, -0.1) is 0 Å². The largest absolute Gasteiger partial charge is 0.497 e. The molecule has 4 aromatic carbocycles. The third-order valence-corrected chi connectivity index (χ3v) is 9.26. The van der Waals surface area contributed by atoms with Gasteiger partial charge in [-0.05, 0) is 70.0 Å². The zero-order valence-corrected chi connectivity index (χ0v) is 28.2. The Morgan fingerprint density at radius 1 is 0.933 bits per heavy atom. The summed E-state index contributed by atoms with van der Waals surface area (Å²) in [4.78, 5) is 13.1. The number of nitrogens with zero attached hydrogens (tertiary/aromatic N) is 2. The number of carbonyl (C=O) groups excluding carboxylic acids is 1. The van der Waals surface area contributed by atoms with Crippen molar-refractivity contribution < 1.29 is 32.2 Å². The number of ether oxygens (including phenoxy) is 4. The summed E-state index contributed by atoms with van der Waals surface area (Å²) in [6.45, 7) is -0.444. The maximum absolute atomic E-state index is 13.7. The number of sulfonamides is 1. The molecule has 0 bridgehead atoms. The lowest BCUT2D eigenvalue weighted by molar-refractivity contribution is -0.119. The average Bonchev–Trinajstić information content (AvgIpc) is 3.03. The summed E-state index contributed by atoms with van der Waals surface area (Å²) >= 11 is 15.7. The Balaban J connectivity index is 1.54. The number of hydrazone groups is 1. The van der Waals surface area contributed by atoms with Crippen LogP contribution in [0.2, 0.25) is 10.0 Å². The molecule has 0 aliphatic heterocycles. The number of hydrogen-bond donors (Lipinski definition) is 1. The van der Waals surface area contributed by atoms with E-state index in [0.29, 0.717) is 37.3 Å². The molecule has 0 spiro atoms. The van der Waals surface area contributed by atoms with Crippen molar-refractivity contribution >= 4 is 67.0 Å². The van der Waals surface area contributed by atoms with Crippen LogP contribution in [0, 0.1) is 0 Å². The minimum atomic E-state index is -4.20. The standard InChI is InChI=1S/C31H28BrCl2N3O7S/c1-41-23-11-12-28(42-2)27(16-23)37(45(39,40)24-7-5-4-6-8-24)18-30(38)36-35-17-20-13-25(32)31(29(14-20)43-3)44-19-21-9-10-22(33)15-26(21)34/h4-17H,18-19H2,1-3H3,(H,36,38)/b35-17-. The molecule has 0 aliphatic rings. The van der Waals surface area contributed by atoms with E-state index in [4.69, 9.17) is 42.1 Å². The first-order chi connectivity index (χ1) is 21.6. The zero-order chi connectivity index (χ0) is 32.6. The minimum Gasteiger partial charge on any atom is -0.497 e. The highest BCUT2D eigenvalue weighted by atomic mass is 79.9. The van der Waals surface area contributed by atoms with E-state index in [0.717, 1.165) is 9.87 Å². The van der Waals surface area contributed by atoms with E-state index in [1.165, 1.54) is 45.7 Å². The van der Waals surface area contributed by atoms with Crippen LogP contribution in [-0.4, -0.2) is 48.4 Å². The van der Waals surface area contributed by atoms with Crippen molar-refractivity contribution in [1.29, 1.82) is 0 Å². The molecule has 1 N–H and O–H groups in total. The van der Waals surface area contributed by atoms with Crippen LogP contribution in [-0.2, 0) is 21.4 Å². The molecule has 0 fully saturated rings. The number of benzene rings is 4. The van der Waals surface area contributed by atoms with Crippen molar-refractivity contribution in [2.45, 2.75) is 11.5 Å². The number of hydrogen-bond acceptors (Lipinski definition) is 8. The number of amides is 1. The highest BCUT2D eigenvalue weighted by Gasteiger charge is 2.30. The molecule has 0 aliphatic carbocycles. The maximum Gasteiger partial charge on any atom is 0.264 e. The number of nitrogens with one attached hydrogen (secondary N) is 1. The fourth-order valence-electron chi connectivity index (χ4n) is 4.10. The lowest BCUT2D eigenvalue weighted by Gasteiger charge is -2.25. The van der Waals surface area contributed by atoms with Crippen molar-refractivity contribution in [3.05, 3.63) is 105 Å². The molecule has 10 nitrogen and oxygen atoms in total. The van der Waals surface area contributed by atoms with Crippen LogP contribution >= 0.6 is 39.1 Å². The molecule has 0 saturated heterocycles. The lowest BCUT2D eigenvalue weighted by atomic mass is 10.2. The molecular formula is C31H28BrCl2N3O7S. The van der Waals surface area contributed by atoms with Crippen LogP contribution in [0.3, 0.4) is 0 Å². The fraction of sp³-hybridized carbons (Fsp3) is 0.161. The first-order valence-corrected chi connectivity index (χ1v) is 16.1. The van der Waals surface area contributed by atoms with Crippen LogP contribution in [0.25, 0.3) is 0 Å². The molecule has 4 rings (SSSR count). The number of anilines is 1. The van der Waals surface area contributed by atoms with Crippen LogP contribution < -0.4 is 28.7 Å². The van der Waals surface area contributed by atoms with Crippen molar-refractivity contribution in [1.82, 2.24) is 5.43 Å². The zero-order valence-electron chi connectivity index (χ0n) is 24.3. The molecule has 4 aromatic rings. The topological polar surface area (TPSA) is 116 Å². The van der Waals surface area contributed by atoms with Crippen molar-refractivity contribution in [2.75, 3.05) is 32.2 Å². The Hall–Kier alpha value is -3.97. The Morgan fingerprint density at radius 2 is 1.67 bits per heavy atom. The van der Waals surface area contributed by atoms with Gasteiger partial charge in [0.1, 0.15) is 24.7 Å². The smallest absolute Gasteiger partial charge is 0.264 e. The van der Waals surface area contributed by atoms with Crippen LogP contribution in [0.1, 0.15) is 11.1 Å². The van der Waals surface area contributed by atoms with Gasteiger partial charge in [0.2, 0.25) is 0 Å². The molecule has 0 atom stereocenters. The van der Waals surface area contributed by atoms with Gasteiger partial charge in [-0.2, -0.15) is 5.10 Å². The number of methoxy groups -OCH3 is 3. The summed E-state index contributed by atoms with van der Waals surface area (Å²) in [6, 6.07) is 20.9. The summed E-state index contributed by atoms with van der Waals surface area (Å²) in [7, 11) is 0.137. The monoisotopic (exact) mass is 735 g/mol. The first-order valence-electron chi connectivity index (χ1n) is 13.1. The maximum atomic E-state index is 13.7. The van der Waals surface area contributed by atoms with Gasteiger partial charge in [0.05, 0.1) is 42.6 Å². The predicted octanol–water partition coefficient (Wildman–Crippen LogP) is 6.71. The van der Waals surface area contributed by atoms with Crippen LogP contribution in [0.15, 0.2) is 93.3 Å². The molecule has 0 radical (unpaired) electrons. The van der Waals surface area contributed by atoms with Gasteiger partial charge in [-0.25, -0.2) is 13.8 Å². The lowest BCUT2D eigenvalue weighted by Crippen LogP contribution is -2.39. The summed E-state index contributed by atoms with van der Waals surface area (Å²) in [5.74, 6) is 0.720. The summed E-state index contributed by atoms with van der Waals surface area (Å²) in [6.07, 6.45) is 1.38. The van der Waals surface area contributed by atoms with E-state index in [1.54, 1.807) is 60.7 Å². The molecule has 0 unspecified atom stereocenters. The quantitative estimate of drug-likeness (QED) is 0.120. The van der Waals surface area contributed by atoms with E-state index in [2.05, 4.69) is 26.5 Å². The second-order valence-electron chi connectivity index (χ2n) is 9.21. The van der Waals surface area contributed by atoms with Crippen LogP contribution in [0.4, 0.5) is 5.69 Å². The van der Waals surface area contributed by atoms with Gasteiger partial charge in [0.25, 0.3) is 15.9 Å².